The highest BCUT2D eigenvalue weighted by atomic mass is 32.2. The van der Waals surface area contributed by atoms with Gasteiger partial charge in [0.25, 0.3) is 0 Å². The molecular formula is C24H22N2S. The van der Waals surface area contributed by atoms with Gasteiger partial charge in [-0.1, -0.05) is 90.6 Å². The van der Waals surface area contributed by atoms with Crippen molar-refractivity contribution in [1.29, 1.82) is 0 Å². The van der Waals surface area contributed by atoms with E-state index in [1.807, 2.05) is 6.07 Å². The molecular weight excluding hydrogens is 348 g/mol. The Morgan fingerprint density at radius 2 is 1.22 bits per heavy atom. The predicted molar refractivity (Wildman–Crippen MR) is 112 cm³/mol. The molecule has 0 saturated carbocycles. The molecule has 1 aromatic heterocycles. The highest BCUT2D eigenvalue weighted by molar-refractivity contribution is 7.99. The molecule has 0 aliphatic rings. The first kappa shape index (κ1) is 17.6. The van der Waals surface area contributed by atoms with Crippen molar-refractivity contribution in [3.63, 3.8) is 0 Å². The van der Waals surface area contributed by atoms with Gasteiger partial charge in [-0.3, -0.25) is 0 Å². The van der Waals surface area contributed by atoms with Gasteiger partial charge in [-0.05, 0) is 23.3 Å². The zero-order valence-corrected chi connectivity index (χ0v) is 16.2. The minimum Gasteiger partial charge on any atom is -0.325 e. The van der Waals surface area contributed by atoms with Crippen LogP contribution in [-0.4, -0.2) is 9.55 Å². The first-order valence-electron chi connectivity index (χ1n) is 9.15. The maximum atomic E-state index is 5.02. The maximum absolute atomic E-state index is 5.02. The van der Waals surface area contributed by atoms with Gasteiger partial charge < -0.3 is 4.57 Å². The van der Waals surface area contributed by atoms with E-state index in [1.165, 1.54) is 21.7 Å². The minimum atomic E-state index is 0.853. The second-order valence-electron chi connectivity index (χ2n) is 6.59. The molecule has 0 fully saturated rings. The van der Waals surface area contributed by atoms with E-state index >= 15 is 0 Å². The first-order valence-corrected chi connectivity index (χ1v) is 9.96. The zero-order chi connectivity index (χ0) is 18.5. The fourth-order valence-electron chi connectivity index (χ4n) is 3.19. The van der Waals surface area contributed by atoms with E-state index in [-0.39, 0.29) is 0 Å². The summed E-state index contributed by atoms with van der Waals surface area (Å²) in [5, 5.41) is 1.04. The Balaban J connectivity index is 1.69. The third-order valence-electron chi connectivity index (χ3n) is 4.64. The van der Waals surface area contributed by atoms with E-state index in [9.17, 15) is 0 Å². The number of hydrogen-bond acceptors (Lipinski definition) is 2. The smallest absolute Gasteiger partial charge is 0.173 e. The lowest BCUT2D eigenvalue weighted by molar-refractivity contribution is 0.750. The molecule has 0 unspecified atom stereocenters. The molecule has 4 aromatic rings. The molecule has 0 N–H and O–H groups in total. The van der Waals surface area contributed by atoms with Crippen LogP contribution in [0.4, 0.5) is 0 Å². The molecule has 0 radical (unpaired) electrons. The molecule has 0 aliphatic heterocycles. The molecule has 4 rings (SSSR count). The van der Waals surface area contributed by atoms with Gasteiger partial charge in [0.15, 0.2) is 5.16 Å². The topological polar surface area (TPSA) is 17.8 Å². The Kier molecular flexibility index (Phi) is 5.40. The fourth-order valence-corrected chi connectivity index (χ4v) is 4.10. The van der Waals surface area contributed by atoms with E-state index in [1.54, 1.807) is 11.8 Å². The molecule has 134 valence electrons. The highest BCUT2D eigenvalue weighted by Crippen LogP contribution is 2.29. The second kappa shape index (κ2) is 8.28. The summed E-state index contributed by atoms with van der Waals surface area (Å²) in [6.45, 7) is 0. The highest BCUT2D eigenvalue weighted by Gasteiger charge is 2.16. The quantitative estimate of drug-likeness (QED) is 0.430. The summed E-state index contributed by atoms with van der Waals surface area (Å²) >= 11 is 1.72. The molecule has 0 aliphatic carbocycles. The lowest BCUT2D eigenvalue weighted by Gasteiger charge is -2.08. The van der Waals surface area contributed by atoms with Gasteiger partial charge in [0.2, 0.25) is 0 Å². The van der Waals surface area contributed by atoms with Gasteiger partial charge in [0, 0.05) is 30.5 Å². The van der Waals surface area contributed by atoms with Crippen molar-refractivity contribution in [2.24, 2.45) is 7.05 Å². The summed E-state index contributed by atoms with van der Waals surface area (Å²) < 4.78 is 2.25. The minimum absolute atomic E-state index is 0.853. The Morgan fingerprint density at radius 3 is 1.81 bits per heavy atom. The maximum Gasteiger partial charge on any atom is 0.173 e. The Morgan fingerprint density at radius 1 is 0.704 bits per heavy atom. The van der Waals surface area contributed by atoms with Crippen molar-refractivity contribution >= 4 is 11.8 Å². The van der Waals surface area contributed by atoms with E-state index < -0.39 is 0 Å². The molecule has 1 heterocycles. The standard InChI is InChI=1S/C24H22N2S/c1-26-23(18-20-13-7-3-8-14-20)22(17-19-11-5-2-6-12-19)25-24(26)27-21-15-9-4-10-16-21/h2-16H,17-18H2,1H3. The molecule has 0 amide bonds. The molecule has 27 heavy (non-hydrogen) atoms. The lowest BCUT2D eigenvalue weighted by atomic mass is 10.0. The van der Waals surface area contributed by atoms with Gasteiger partial charge in [-0.2, -0.15) is 0 Å². The zero-order valence-electron chi connectivity index (χ0n) is 15.4. The number of aromatic nitrogens is 2. The third kappa shape index (κ3) is 4.32. The largest absolute Gasteiger partial charge is 0.325 e. The van der Waals surface area contributed by atoms with Gasteiger partial charge in [-0.15, -0.1) is 0 Å². The van der Waals surface area contributed by atoms with E-state index in [0.717, 1.165) is 23.7 Å². The van der Waals surface area contributed by atoms with Crippen LogP contribution in [-0.2, 0) is 19.9 Å². The summed E-state index contributed by atoms with van der Waals surface area (Å²) in [4.78, 5) is 6.23. The van der Waals surface area contributed by atoms with Gasteiger partial charge >= 0.3 is 0 Å². The monoisotopic (exact) mass is 370 g/mol. The molecule has 0 spiro atoms. The van der Waals surface area contributed by atoms with Crippen molar-refractivity contribution in [3.8, 4) is 0 Å². The van der Waals surface area contributed by atoms with Crippen molar-refractivity contribution in [3.05, 3.63) is 114 Å². The molecule has 0 saturated heterocycles. The number of hydrogen-bond donors (Lipinski definition) is 0. The van der Waals surface area contributed by atoms with Crippen LogP contribution in [0.15, 0.2) is 101 Å². The normalized spacial score (nSPS) is 10.9. The van der Waals surface area contributed by atoms with Crippen molar-refractivity contribution in [2.75, 3.05) is 0 Å². The van der Waals surface area contributed by atoms with Crippen LogP contribution in [0, 0.1) is 0 Å². The number of benzene rings is 3. The van der Waals surface area contributed by atoms with E-state index in [4.69, 9.17) is 4.98 Å². The number of imidazole rings is 1. The van der Waals surface area contributed by atoms with Gasteiger partial charge in [0.1, 0.15) is 0 Å². The Labute approximate surface area is 164 Å². The molecule has 2 nitrogen and oxygen atoms in total. The molecule has 0 atom stereocenters. The van der Waals surface area contributed by atoms with Crippen molar-refractivity contribution in [2.45, 2.75) is 22.9 Å². The van der Waals surface area contributed by atoms with Crippen LogP contribution in [0.2, 0.25) is 0 Å². The first-order chi connectivity index (χ1) is 13.3. The molecule has 3 heteroatoms. The summed E-state index contributed by atoms with van der Waals surface area (Å²) in [7, 11) is 2.13. The average Bonchev–Trinajstić information content (AvgIpc) is 2.99. The van der Waals surface area contributed by atoms with E-state index in [2.05, 4.69) is 96.5 Å². The summed E-state index contributed by atoms with van der Waals surface area (Å²) in [5.41, 5.74) is 5.04. The molecule has 0 bridgehead atoms. The van der Waals surface area contributed by atoms with Crippen LogP contribution < -0.4 is 0 Å². The molecule has 3 aromatic carbocycles. The Bertz CT molecular complexity index is 993. The van der Waals surface area contributed by atoms with Crippen LogP contribution >= 0.6 is 11.8 Å². The van der Waals surface area contributed by atoms with Crippen molar-refractivity contribution in [1.82, 2.24) is 9.55 Å². The SMILES string of the molecule is Cn1c(Sc2ccccc2)nc(Cc2ccccc2)c1Cc1ccccc1. The third-order valence-corrected chi connectivity index (χ3v) is 5.69. The van der Waals surface area contributed by atoms with Gasteiger partial charge in [-0.25, -0.2) is 4.98 Å². The van der Waals surface area contributed by atoms with Crippen LogP contribution in [0.3, 0.4) is 0 Å². The van der Waals surface area contributed by atoms with Crippen LogP contribution in [0.5, 0.6) is 0 Å². The van der Waals surface area contributed by atoms with Crippen LogP contribution in [0.1, 0.15) is 22.5 Å². The summed E-state index contributed by atoms with van der Waals surface area (Å²) in [6.07, 6.45) is 1.74. The van der Waals surface area contributed by atoms with Crippen LogP contribution in [0.25, 0.3) is 0 Å². The predicted octanol–water partition coefficient (Wildman–Crippen LogP) is 5.75. The summed E-state index contributed by atoms with van der Waals surface area (Å²) in [6, 6.07) is 31.7. The van der Waals surface area contributed by atoms with E-state index in [0.29, 0.717) is 0 Å². The lowest BCUT2D eigenvalue weighted by Crippen LogP contribution is -2.02. The van der Waals surface area contributed by atoms with Crippen molar-refractivity contribution < 1.29 is 0 Å². The number of rotatable bonds is 6. The summed E-state index contributed by atoms with van der Waals surface area (Å²) in [5.74, 6) is 0. The second-order valence-corrected chi connectivity index (χ2v) is 7.63. The average molecular weight is 371 g/mol. The fraction of sp³-hybridized carbons (Fsp3) is 0.125. The Hall–Kier alpha value is -2.78. The van der Waals surface area contributed by atoms with Gasteiger partial charge in [0.05, 0.1) is 5.69 Å². The number of nitrogens with zero attached hydrogens (tertiary/aromatic N) is 2.